The molecular weight excluding hydrogens is 386 g/mol. The second-order valence-corrected chi connectivity index (χ2v) is 7.33. The molecule has 3 heterocycles. The predicted octanol–water partition coefficient (Wildman–Crippen LogP) is -0.394. The second-order valence-electron chi connectivity index (χ2n) is 6.39. The molecule has 148 valence electrons. The first-order valence-corrected chi connectivity index (χ1v) is 9.55. The third-order valence-corrected chi connectivity index (χ3v) is 5.54. The molecule has 10 nitrogen and oxygen atoms in total. The topological polar surface area (TPSA) is 160 Å². The fourth-order valence-electron chi connectivity index (χ4n) is 3.13. The Morgan fingerprint density at radius 3 is 2.64 bits per heavy atom. The van der Waals surface area contributed by atoms with Crippen molar-refractivity contribution in [1.82, 2.24) is 19.5 Å². The summed E-state index contributed by atoms with van der Waals surface area (Å²) in [7, 11) is 0. The molecule has 1 aliphatic rings. The number of thioether (sulfide) groups is 1. The molecule has 1 aliphatic heterocycles. The van der Waals surface area contributed by atoms with Crippen LogP contribution in [-0.2, 0) is 10.5 Å². The normalized spacial score (nSPS) is 24.8. The van der Waals surface area contributed by atoms with Crippen LogP contribution in [0.1, 0.15) is 11.8 Å². The highest BCUT2D eigenvalue weighted by Gasteiger charge is 2.45. The van der Waals surface area contributed by atoms with Crippen molar-refractivity contribution in [2.45, 2.75) is 35.4 Å². The molecular formula is C17H19N5O5S. The van der Waals surface area contributed by atoms with E-state index in [1.54, 1.807) is 0 Å². The maximum Gasteiger partial charge on any atom is 0.280 e. The van der Waals surface area contributed by atoms with Crippen molar-refractivity contribution in [2.75, 3.05) is 12.3 Å². The lowest BCUT2D eigenvalue weighted by atomic mass is 10.1. The van der Waals surface area contributed by atoms with Gasteiger partial charge in [0.1, 0.15) is 18.3 Å². The average Bonchev–Trinajstić information content (AvgIpc) is 3.18. The van der Waals surface area contributed by atoms with Crippen molar-refractivity contribution in [3.05, 3.63) is 46.2 Å². The highest BCUT2D eigenvalue weighted by molar-refractivity contribution is 7.98. The summed E-state index contributed by atoms with van der Waals surface area (Å²) in [6.07, 6.45) is -4.68. The van der Waals surface area contributed by atoms with Crippen molar-refractivity contribution < 1.29 is 20.1 Å². The zero-order valence-corrected chi connectivity index (χ0v) is 15.4. The first-order valence-electron chi connectivity index (χ1n) is 8.56. The number of H-pyrrole nitrogens is 1. The van der Waals surface area contributed by atoms with Crippen LogP contribution in [0.3, 0.4) is 0 Å². The third-order valence-electron chi connectivity index (χ3n) is 4.52. The molecule has 0 aliphatic carbocycles. The smallest absolute Gasteiger partial charge is 0.280 e. The SMILES string of the molecule is Nc1nc2c(nc(SCc3ccccc3)n2[C@@H]2O[C@H](CO)[C@H](O)[C@H]2O)c(=O)[nH]1. The number of aromatic nitrogens is 4. The van der Waals surface area contributed by atoms with Gasteiger partial charge < -0.3 is 25.8 Å². The summed E-state index contributed by atoms with van der Waals surface area (Å²) in [6.45, 7) is -0.468. The Balaban J connectivity index is 1.79. The van der Waals surface area contributed by atoms with Gasteiger partial charge in [-0.15, -0.1) is 0 Å². The number of nitrogens with one attached hydrogen (secondary N) is 1. The van der Waals surface area contributed by atoms with Gasteiger partial charge in [-0.1, -0.05) is 42.1 Å². The van der Waals surface area contributed by atoms with Gasteiger partial charge in [0.25, 0.3) is 5.56 Å². The van der Waals surface area contributed by atoms with Gasteiger partial charge in [0, 0.05) is 5.75 Å². The molecule has 28 heavy (non-hydrogen) atoms. The number of nitrogens with zero attached hydrogens (tertiary/aromatic N) is 3. The van der Waals surface area contributed by atoms with Crippen LogP contribution >= 0.6 is 11.8 Å². The molecule has 0 bridgehead atoms. The Labute approximate surface area is 163 Å². The van der Waals surface area contributed by atoms with E-state index in [1.807, 2.05) is 30.3 Å². The maximum absolute atomic E-state index is 12.3. The van der Waals surface area contributed by atoms with E-state index in [2.05, 4.69) is 15.0 Å². The second kappa shape index (κ2) is 7.53. The van der Waals surface area contributed by atoms with Crippen LogP contribution in [-0.4, -0.2) is 59.8 Å². The average molecular weight is 405 g/mol. The molecule has 6 N–H and O–H groups in total. The van der Waals surface area contributed by atoms with Crippen molar-refractivity contribution in [2.24, 2.45) is 0 Å². The number of rotatable bonds is 5. The van der Waals surface area contributed by atoms with Crippen molar-refractivity contribution in [1.29, 1.82) is 0 Å². The van der Waals surface area contributed by atoms with E-state index in [0.29, 0.717) is 10.9 Å². The fourth-order valence-corrected chi connectivity index (χ4v) is 4.10. The minimum atomic E-state index is -1.34. The number of fused-ring (bicyclic) bond motifs is 1. The van der Waals surface area contributed by atoms with Crippen LogP contribution in [0.2, 0.25) is 0 Å². The molecule has 0 saturated carbocycles. The van der Waals surface area contributed by atoms with Crippen LogP contribution in [0.4, 0.5) is 5.95 Å². The van der Waals surface area contributed by atoms with Gasteiger partial charge in [0.15, 0.2) is 22.5 Å². The number of nitrogens with two attached hydrogens (primary N) is 1. The lowest BCUT2D eigenvalue weighted by Gasteiger charge is -2.19. The van der Waals surface area contributed by atoms with Crippen LogP contribution in [0.5, 0.6) is 0 Å². The molecule has 1 saturated heterocycles. The summed E-state index contributed by atoms with van der Waals surface area (Å²) in [5, 5.41) is 30.3. The lowest BCUT2D eigenvalue weighted by Crippen LogP contribution is -2.33. The van der Waals surface area contributed by atoms with Gasteiger partial charge in [-0.25, -0.2) is 4.98 Å². The van der Waals surface area contributed by atoms with E-state index >= 15 is 0 Å². The Hall–Kier alpha value is -2.44. The quantitative estimate of drug-likeness (QED) is 0.356. The molecule has 4 atom stereocenters. The summed E-state index contributed by atoms with van der Waals surface area (Å²) in [5.41, 5.74) is 6.37. The number of ether oxygens (including phenoxy) is 1. The summed E-state index contributed by atoms with van der Waals surface area (Å²) in [6, 6.07) is 9.65. The maximum atomic E-state index is 12.3. The number of hydrogen-bond acceptors (Lipinski definition) is 9. The molecule has 11 heteroatoms. The molecule has 0 unspecified atom stereocenters. The molecule has 1 fully saturated rings. The minimum absolute atomic E-state index is 0.0440. The zero-order chi connectivity index (χ0) is 19.8. The molecule has 0 amide bonds. The van der Waals surface area contributed by atoms with Gasteiger partial charge in [-0.2, -0.15) is 4.98 Å². The van der Waals surface area contributed by atoms with Crippen LogP contribution in [0.15, 0.2) is 40.3 Å². The Morgan fingerprint density at radius 2 is 1.96 bits per heavy atom. The van der Waals surface area contributed by atoms with Crippen molar-refractivity contribution >= 4 is 28.9 Å². The number of aliphatic hydroxyl groups is 3. The highest BCUT2D eigenvalue weighted by atomic mass is 32.2. The van der Waals surface area contributed by atoms with E-state index < -0.39 is 36.7 Å². The summed E-state index contributed by atoms with van der Waals surface area (Å²) in [4.78, 5) is 23.2. The van der Waals surface area contributed by atoms with Gasteiger partial charge in [0.2, 0.25) is 5.95 Å². The van der Waals surface area contributed by atoms with E-state index in [4.69, 9.17) is 10.5 Å². The highest BCUT2D eigenvalue weighted by Crippen LogP contribution is 2.35. The van der Waals surface area contributed by atoms with Gasteiger partial charge in [-0.05, 0) is 5.56 Å². The number of benzene rings is 1. The van der Waals surface area contributed by atoms with Gasteiger partial charge >= 0.3 is 0 Å². The number of imidazole rings is 1. The molecule has 4 rings (SSSR count). The summed E-state index contributed by atoms with van der Waals surface area (Å²) in [5.74, 6) is 0.441. The molecule has 0 spiro atoms. The van der Waals surface area contributed by atoms with E-state index in [0.717, 1.165) is 5.56 Å². The number of nitrogen functional groups attached to an aromatic ring is 1. The van der Waals surface area contributed by atoms with Crippen LogP contribution < -0.4 is 11.3 Å². The van der Waals surface area contributed by atoms with Crippen molar-refractivity contribution in [3.63, 3.8) is 0 Å². The molecule has 2 aromatic heterocycles. The standard InChI is InChI=1S/C17H19N5O5S/c18-16-20-13-10(14(26)21-16)19-17(28-7-8-4-2-1-3-5-8)22(13)15-12(25)11(24)9(6-23)27-15/h1-5,9,11-12,15,23-25H,6-7H2,(H3,18,20,21,26)/t9-,11+,12-,15-/m1/s1. The zero-order valence-electron chi connectivity index (χ0n) is 14.6. The predicted molar refractivity (Wildman–Crippen MR) is 102 cm³/mol. The largest absolute Gasteiger partial charge is 0.394 e. The molecule has 3 aromatic rings. The fraction of sp³-hybridized carbons (Fsp3) is 0.353. The third kappa shape index (κ3) is 3.27. The van der Waals surface area contributed by atoms with Crippen LogP contribution in [0, 0.1) is 0 Å². The lowest BCUT2D eigenvalue weighted by molar-refractivity contribution is -0.0548. The van der Waals surface area contributed by atoms with Crippen LogP contribution in [0.25, 0.3) is 11.2 Å². The Kier molecular flexibility index (Phi) is 5.08. The first-order chi connectivity index (χ1) is 13.5. The molecule has 1 aromatic carbocycles. The minimum Gasteiger partial charge on any atom is -0.394 e. The van der Waals surface area contributed by atoms with Crippen molar-refractivity contribution in [3.8, 4) is 0 Å². The van der Waals surface area contributed by atoms with Gasteiger partial charge in [-0.3, -0.25) is 14.3 Å². The number of anilines is 1. The monoisotopic (exact) mass is 405 g/mol. The van der Waals surface area contributed by atoms with E-state index in [-0.39, 0.29) is 17.1 Å². The number of aromatic amines is 1. The number of aliphatic hydroxyl groups excluding tert-OH is 3. The van der Waals surface area contributed by atoms with E-state index in [9.17, 15) is 20.1 Å². The molecule has 0 radical (unpaired) electrons. The Bertz CT molecular complexity index is 1040. The van der Waals surface area contributed by atoms with Gasteiger partial charge in [0.05, 0.1) is 6.61 Å². The summed E-state index contributed by atoms with van der Waals surface area (Å²) >= 11 is 1.32. The first kappa shape index (κ1) is 18.9. The Morgan fingerprint density at radius 1 is 1.21 bits per heavy atom. The number of hydrogen-bond donors (Lipinski definition) is 5. The van der Waals surface area contributed by atoms with E-state index in [1.165, 1.54) is 16.3 Å². The summed E-state index contributed by atoms with van der Waals surface area (Å²) < 4.78 is 7.07.